The number of furan rings is 1. The number of carbonyl (C=O) groups is 2. The van der Waals surface area contributed by atoms with Crippen LogP contribution in [0, 0.1) is 0 Å². The number of amides is 1. The fraction of sp³-hybridized carbons (Fsp3) is 0.400. The van der Waals surface area contributed by atoms with Crippen molar-refractivity contribution in [2.24, 2.45) is 0 Å². The molecule has 1 heterocycles. The maximum absolute atomic E-state index is 11.8. The molecule has 0 aliphatic rings. The van der Waals surface area contributed by atoms with Gasteiger partial charge in [0.25, 0.3) is 5.91 Å². The summed E-state index contributed by atoms with van der Waals surface area (Å²) in [5, 5.41) is 9.26. The molecule has 0 radical (unpaired) electrons. The maximum atomic E-state index is 11.8. The van der Waals surface area contributed by atoms with Crippen molar-refractivity contribution in [2.45, 2.75) is 19.4 Å². The molecule has 0 aromatic carbocycles. The molecule has 0 saturated heterocycles. The second kappa shape index (κ2) is 4.17. The topological polar surface area (TPSA) is 70.8 Å². The van der Waals surface area contributed by atoms with E-state index in [1.807, 2.05) is 0 Å². The molecular weight excluding hydrogens is 234 g/mol. The molecule has 5 nitrogen and oxygen atoms in total. The number of hydrogen-bond donors (Lipinski definition) is 1. The zero-order valence-electron chi connectivity index (χ0n) is 9.15. The molecule has 0 atom stereocenters. The lowest BCUT2D eigenvalue weighted by atomic mass is 10.0. The van der Waals surface area contributed by atoms with Crippen LogP contribution in [-0.2, 0) is 4.79 Å². The zero-order chi connectivity index (χ0) is 12.5. The van der Waals surface area contributed by atoms with E-state index in [9.17, 15) is 9.59 Å². The molecule has 1 aromatic heterocycles. The van der Waals surface area contributed by atoms with E-state index < -0.39 is 17.4 Å². The normalized spacial score (nSPS) is 11.2. The first-order valence-corrected chi connectivity index (χ1v) is 4.90. The van der Waals surface area contributed by atoms with Crippen LogP contribution in [0.4, 0.5) is 0 Å². The predicted octanol–water partition coefficient (Wildman–Crippen LogP) is 1.87. The fourth-order valence-electron chi connectivity index (χ4n) is 0.988. The van der Waals surface area contributed by atoms with Gasteiger partial charge in [0.15, 0.2) is 5.76 Å². The Kier molecular flexibility index (Phi) is 3.28. The van der Waals surface area contributed by atoms with Crippen LogP contribution in [0.5, 0.6) is 0 Å². The first-order chi connectivity index (χ1) is 7.26. The first kappa shape index (κ1) is 12.6. The van der Waals surface area contributed by atoms with E-state index in [0.717, 1.165) is 4.90 Å². The molecule has 6 heteroatoms. The smallest absolute Gasteiger partial charge is 0.329 e. The number of likely N-dealkylation sites (N-methyl/N-ethyl adjacent to an activating group) is 1. The number of hydrogen-bond acceptors (Lipinski definition) is 3. The molecule has 0 unspecified atom stereocenters. The highest BCUT2D eigenvalue weighted by atomic mass is 35.5. The molecule has 1 amide bonds. The highest BCUT2D eigenvalue weighted by molar-refractivity contribution is 6.30. The molecule has 0 saturated carbocycles. The summed E-state index contributed by atoms with van der Waals surface area (Å²) in [4.78, 5) is 23.9. The van der Waals surface area contributed by atoms with Gasteiger partial charge in [-0.1, -0.05) is 11.6 Å². The summed E-state index contributed by atoms with van der Waals surface area (Å²) in [6.45, 7) is 2.86. The third kappa shape index (κ3) is 2.19. The summed E-state index contributed by atoms with van der Waals surface area (Å²) in [6.07, 6.45) is 1.22. The molecule has 0 fully saturated rings. The largest absolute Gasteiger partial charge is 0.480 e. The Bertz CT molecular complexity index is 424. The average molecular weight is 246 g/mol. The predicted molar refractivity (Wildman–Crippen MR) is 57.5 cm³/mol. The highest BCUT2D eigenvalue weighted by Gasteiger charge is 2.36. The number of carboxylic acid groups (broad SMARTS) is 1. The Labute approximate surface area is 97.6 Å². The van der Waals surface area contributed by atoms with Gasteiger partial charge in [0.1, 0.15) is 11.8 Å². The van der Waals surface area contributed by atoms with Crippen LogP contribution in [0.3, 0.4) is 0 Å². The lowest BCUT2D eigenvalue weighted by molar-refractivity contribution is -0.147. The van der Waals surface area contributed by atoms with Gasteiger partial charge in [-0.3, -0.25) is 4.79 Å². The van der Waals surface area contributed by atoms with E-state index in [1.165, 1.54) is 33.2 Å². The number of rotatable bonds is 3. The third-order valence-electron chi connectivity index (χ3n) is 2.44. The lowest BCUT2D eigenvalue weighted by Gasteiger charge is -2.30. The Morgan fingerprint density at radius 3 is 2.44 bits per heavy atom. The van der Waals surface area contributed by atoms with Crippen molar-refractivity contribution in [3.05, 3.63) is 23.1 Å². The van der Waals surface area contributed by atoms with E-state index in [4.69, 9.17) is 21.1 Å². The standard InChI is InChI=1S/C10H12ClNO4/c1-10(2,9(14)15)12(3)8(13)7-4-6(11)5-16-7/h4-5H,1-3H3,(H,14,15). The van der Waals surface area contributed by atoms with Crippen LogP contribution in [0.1, 0.15) is 24.4 Å². The van der Waals surface area contributed by atoms with Gasteiger partial charge in [0.05, 0.1) is 5.02 Å². The van der Waals surface area contributed by atoms with Crippen LogP contribution >= 0.6 is 11.6 Å². The fourth-order valence-corrected chi connectivity index (χ4v) is 1.13. The number of nitrogens with zero attached hydrogens (tertiary/aromatic N) is 1. The lowest BCUT2D eigenvalue weighted by Crippen LogP contribution is -2.50. The van der Waals surface area contributed by atoms with Gasteiger partial charge in [0, 0.05) is 13.1 Å². The summed E-state index contributed by atoms with van der Waals surface area (Å²) >= 11 is 5.61. The summed E-state index contributed by atoms with van der Waals surface area (Å²) in [7, 11) is 1.40. The van der Waals surface area contributed by atoms with Crippen molar-refractivity contribution in [3.63, 3.8) is 0 Å². The molecule has 88 valence electrons. The summed E-state index contributed by atoms with van der Waals surface area (Å²) in [5.74, 6) is -1.61. The molecule has 0 aliphatic heterocycles. The Morgan fingerprint density at radius 2 is 2.06 bits per heavy atom. The molecule has 0 aliphatic carbocycles. The average Bonchev–Trinajstić information content (AvgIpc) is 2.62. The molecular formula is C10H12ClNO4. The van der Waals surface area contributed by atoms with Crippen molar-refractivity contribution in [1.29, 1.82) is 0 Å². The SMILES string of the molecule is CN(C(=O)c1cc(Cl)co1)C(C)(C)C(=O)O. The molecule has 0 bridgehead atoms. The van der Waals surface area contributed by atoms with Gasteiger partial charge in [-0.25, -0.2) is 4.79 Å². The van der Waals surface area contributed by atoms with Gasteiger partial charge in [-0.05, 0) is 13.8 Å². The van der Waals surface area contributed by atoms with Gasteiger partial charge < -0.3 is 14.4 Å². The third-order valence-corrected chi connectivity index (χ3v) is 2.64. The second-order valence-electron chi connectivity index (χ2n) is 3.86. The summed E-state index contributed by atoms with van der Waals surface area (Å²) in [6, 6.07) is 1.35. The van der Waals surface area contributed by atoms with E-state index in [1.54, 1.807) is 0 Å². The van der Waals surface area contributed by atoms with E-state index >= 15 is 0 Å². The van der Waals surface area contributed by atoms with Crippen molar-refractivity contribution in [1.82, 2.24) is 4.90 Å². The second-order valence-corrected chi connectivity index (χ2v) is 4.29. The number of carboxylic acids is 1. The number of aliphatic carboxylic acids is 1. The highest BCUT2D eigenvalue weighted by Crippen LogP contribution is 2.19. The van der Waals surface area contributed by atoms with Gasteiger partial charge in [-0.15, -0.1) is 0 Å². The van der Waals surface area contributed by atoms with Crippen LogP contribution in [0.15, 0.2) is 16.7 Å². The van der Waals surface area contributed by atoms with Gasteiger partial charge in [-0.2, -0.15) is 0 Å². The van der Waals surface area contributed by atoms with Crippen LogP contribution in [0.25, 0.3) is 0 Å². The van der Waals surface area contributed by atoms with Crippen LogP contribution < -0.4 is 0 Å². The number of carbonyl (C=O) groups excluding carboxylic acids is 1. The van der Waals surface area contributed by atoms with Crippen molar-refractivity contribution in [2.75, 3.05) is 7.05 Å². The minimum Gasteiger partial charge on any atom is -0.480 e. The zero-order valence-corrected chi connectivity index (χ0v) is 9.91. The van der Waals surface area contributed by atoms with Gasteiger partial charge >= 0.3 is 5.97 Å². The van der Waals surface area contributed by atoms with Crippen LogP contribution in [-0.4, -0.2) is 34.5 Å². The Hall–Kier alpha value is -1.49. The minimum atomic E-state index is -1.31. The van der Waals surface area contributed by atoms with E-state index in [-0.39, 0.29) is 5.76 Å². The molecule has 1 aromatic rings. The van der Waals surface area contributed by atoms with Gasteiger partial charge in [0.2, 0.25) is 0 Å². The van der Waals surface area contributed by atoms with E-state index in [0.29, 0.717) is 5.02 Å². The van der Waals surface area contributed by atoms with Crippen molar-refractivity contribution >= 4 is 23.5 Å². The minimum absolute atomic E-state index is 0.0156. The molecule has 1 rings (SSSR count). The monoisotopic (exact) mass is 245 g/mol. The molecule has 1 N–H and O–H groups in total. The van der Waals surface area contributed by atoms with Crippen molar-refractivity contribution < 1.29 is 19.1 Å². The van der Waals surface area contributed by atoms with Crippen molar-refractivity contribution in [3.8, 4) is 0 Å². The maximum Gasteiger partial charge on any atom is 0.329 e. The summed E-state index contributed by atoms with van der Waals surface area (Å²) in [5.41, 5.74) is -1.31. The first-order valence-electron chi connectivity index (χ1n) is 4.52. The molecule has 16 heavy (non-hydrogen) atoms. The Morgan fingerprint density at radius 1 is 1.50 bits per heavy atom. The summed E-state index contributed by atoms with van der Waals surface area (Å²) < 4.78 is 4.91. The number of halogens is 1. The molecule has 0 spiro atoms. The quantitative estimate of drug-likeness (QED) is 0.883. The van der Waals surface area contributed by atoms with E-state index in [2.05, 4.69) is 0 Å². The Balaban J connectivity index is 2.95. The van der Waals surface area contributed by atoms with Crippen LogP contribution in [0.2, 0.25) is 5.02 Å².